The molecule has 2 rings (SSSR count). The van der Waals surface area contributed by atoms with Crippen LogP contribution in [-0.4, -0.2) is 22.4 Å². The normalized spacial score (nSPS) is 10.1. The van der Waals surface area contributed by atoms with E-state index in [1.54, 1.807) is 24.7 Å². The molecule has 0 aliphatic rings. The summed E-state index contributed by atoms with van der Waals surface area (Å²) >= 11 is 0. The molecule has 0 aliphatic heterocycles. The van der Waals surface area contributed by atoms with Gasteiger partial charge in [0.25, 0.3) is 0 Å². The van der Waals surface area contributed by atoms with E-state index in [4.69, 9.17) is 4.74 Å². The van der Waals surface area contributed by atoms with E-state index in [9.17, 15) is 4.79 Å². The first-order valence-electron chi connectivity index (χ1n) is 5.75. The van der Waals surface area contributed by atoms with Crippen molar-refractivity contribution < 1.29 is 9.53 Å². The smallest absolute Gasteiger partial charge is 0.196 e. The largest absolute Gasteiger partial charge is 0.492 e. The van der Waals surface area contributed by atoms with Crippen molar-refractivity contribution in [3.05, 3.63) is 53.6 Å². The van der Waals surface area contributed by atoms with Crippen LogP contribution in [0.4, 0.5) is 0 Å². The molecule has 0 saturated heterocycles. The number of ketones is 1. The van der Waals surface area contributed by atoms with E-state index < -0.39 is 0 Å². The van der Waals surface area contributed by atoms with Crippen molar-refractivity contribution in [2.45, 2.75) is 13.8 Å². The van der Waals surface area contributed by atoms with Crippen molar-refractivity contribution in [3.63, 3.8) is 0 Å². The van der Waals surface area contributed by atoms with Gasteiger partial charge in [0.05, 0.1) is 12.8 Å². The molecule has 2 aromatic heterocycles. The van der Waals surface area contributed by atoms with Crippen LogP contribution in [0.15, 0.2) is 36.9 Å². The highest BCUT2D eigenvalue weighted by atomic mass is 16.5. The molecule has 0 aliphatic carbocycles. The summed E-state index contributed by atoms with van der Waals surface area (Å²) in [6.07, 6.45) is 6.40. The molecule has 0 radical (unpaired) electrons. The van der Waals surface area contributed by atoms with Crippen LogP contribution in [0, 0.1) is 6.92 Å². The zero-order chi connectivity index (χ0) is 13.0. The van der Waals surface area contributed by atoms with Crippen molar-refractivity contribution in [3.8, 4) is 5.75 Å². The molecule has 0 N–H and O–H groups in total. The maximum atomic E-state index is 12.2. The lowest BCUT2D eigenvalue weighted by molar-refractivity contribution is 0.103. The van der Waals surface area contributed by atoms with Crippen molar-refractivity contribution in [1.29, 1.82) is 0 Å². The number of carbonyl (C=O) groups is 1. The molecule has 0 aromatic carbocycles. The molecular weight excluding hydrogens is 228 g/mol. The third-order valence-electron chi connectivity index (χ3n) is 2.42. The molecule has 0 fully saturated rings. The van der Waals surface area contributed by atoms with Gasteiger partial charge in [-0.2, -0.15) is 0 Å². The summed E-state index contributed by atoms with van der Waals surface area (Å²) in [6, 6.07) is 3.50. The Kier molecular flexibility index (Phi) is 3.67. The molecule has 0 amide bonds. The molecule has 2 aromatic rings. The Morgan fingerprint density at radius 1 is 1.11 bits per heavy atom. The highest BCUT2D eigenvalue weighted by Gasteiger charge is 2.11. The Balaban J connectivity index is 2.31. The monoisotopic (exact) mass is 242 g/mol. The first-order chi connectivity index (χ1) is 8.70. The van der Waals surface area contributed by atoms with Crippen molar-refractivity contribution in [2.75, 3.05) is 6.61 Å². The van der Waals surface area contributed by atoms with Crippen LogP contribution < -0.4 is 4.74 Å². The SMILES string of the molecule is CCOc1cncc(C(=O)c2cncc(C)c2)c1. The molecule has 0 saturated carbocycles. The number of hydrogen-bond donors (Lipinski definition) is 0. The molecule has 0 spiro atoms. The summed E-state index contributed by atoms with van der Waals surface area (Å²) in [5, 5.41) is 0. The summed E-state index contributed by atoms with van der Waals surface area (Å²) in [5.74, 6) is 0.504. The molecule has 0 unspecified atom stereocenters. The van der Waals surface area contributed by atoms with Crippen LogP contribution in [0.1, 0.15) is 28.4 Å². The summed E-state index contributed by atoms with van der Waals surface area (Å²) in [5.41, 5.74) is 2.02. The number of aryl methyl sites for hydroxylation is 1. The van der Waals surface area contributed by atoms with Crippen LogP contribution in [0.3, 0.4) is 0 Å². The lowest BCUT2D eigenvalue weighted by Crippen LogP contribution is -2.04. The Morgan fingerprint density at radius 2 is 1.78 bits per heavy atom. The second-order valence-corrected chi connectivity index (χ2v) is 3.92. The van der Waals surface area contributed by atoms with E-state index in [0.29, 0.717) is 23.5 Å². The molecule has 0 bridgehead atoms. The standard InChI is InChI=1S/C14H14N2O2/c1-3-18-13-5-12(8-16-9-13)14(17)11-4-10(2)6-15-7-11/h4-9H,3H2,1-2H3. The minimum Gasteiger partial charge on any atom is -0.492 e. The topological polar surface area (TPSA) is 52.1 Å². The average Bonchev–Trinajstić information content (AvgIpc) is 2.39. The van der Waals surface area contributed by atoms with Crippen LogP contribution >= 0.6 is 0 Å². The Hall–Kier alpha value is -2.23. The zero-order valence-electron chi connectivity index (χ0n) is 10.4. The lowest BCUT2D eigenvalue weighted by atomic mass is 10.1. The second kappa shape index (κ2) is 5.40. The molecule has 4 heteroatoms. The fourth-order valence-electron chi connectivity index (χ4n) is 1.63. The fraction of sp³-hybridized carbons (Fsp3) is 0.214. The van der Waals surface area contributed by atoms with E-state index in [1.807, 2.05) is 19.9 Å². The molecular formula is C14H14N2O2. The van der Waals surface area contributed by atoms with Crippen LogP contribution in [0.5, 0.6) is 5.75 Å². The number of rotatable bonds is 4. The number of ether oxygens (including phenoxy) is 1. The Labute approximate surface area is 106 Å². The molecule has 2 heterocycles. The Morgan fingerprint density at radius 3 is 2.44 bits per heavy atom. The number of pyridine rings is 2. The quantitative estimate of drug-likeness (QED) is 0.772. The maximum Gasteiger partial charge on any atom is 0.196 e. The molecule has 4 nitrogen and oxygen atoms in total. The highest BCUT2D eigenvalue weighted by Crippen LogP contribution is 2.15. The summed E-state index contributed by atoms with van der Waals surface area (Å²) in [6.45, 7) is 4.34. The molecule has 18 heavy (non-hydrogen) atoms. The summed E-state index contributed by atoms with van der Waals surface area (Å²) < 4.78 is 5.33. The minimum absolute atomic E-state index is 0.0970. The first kappa shape index (κ1) is 12.2. The van der Waals surface area contributed by atoms with E-state index >= 15 is 0 Å². The first-order valence-corrected chi connectivity index (χ1v) is 5.75. The maximum absolute atomic E-state index is 12.2. The van der Waals surface area contributed by atoms with E-state index in [1.165, 1.54) is 6.20 Å². The van der Waals surface area contributed by atoms with Crippen molar-refractivity contribution in [1.82, 2.24) is 9.97 Å². The number of aromatic nitrogens is 2. The van der Waals surface area contributed by atoms with Crippen molar-refractivity contribution >= 4 is 5.78 Å². The van der Waals surface area contributed by atoms with Gasteiger partial charge < -0.3 is 4.74 Å². The van der Waals surface area contributed by atoms with Gasteiger partial charge in [0, 0.05) is 29.7 Å². The van der Waals surface area contributed by atoms with Gasteiger partial charge in [-0.15, -0.1) is 0 Å². The number of hydrogen-bond acceptors (Lipinski definition) is 4. The summed E-state index contributed by atoms with van der Waals surface area (Å²) in [7, 11) is 0. The van der Waals surface area contributed by atoms with E-state index in [0.717, 1.165) is 5.56 Å². The third-order valence-corrected chi connectivity index (χ3v) is 2.42. The highest BCUT2D eigenvalue weighted by molar-refractivity contribution is 6.08. The van der Waals surface area contributed by atoms with Gasteiger partial charge in [0.15, 0.2) is 5.78 Å². The molecule has 92 valence electrons. The third kappa shape index (κ3) is 2.71. The summed E-state index contributed by atoms with van der Waals surface area (Å²) in [4.78, 5) is 20.2. The van der Waals surface area contributed by atoms with E-state index in [2.05, 4.69) is 9.97 Å². The van der Waals surface area contributed by atoms with Gasteiger partial charge in [-0.05, 0) is 31.5 Å². The van der Waals surface area contributed by atoms with Crippen molar-refractivity contribution in [2.24, 2.45) is 0 Å². The van der Waals surface area contributed by atoms with Gasteiger partial charge in [-0.1, -0.05) is 0 Å². The second-order valence-electron chi connectivity index (χ2n) is 3.92. The van der Waals surface area contributed by atoms with Crippen LogP contribution in [0.2, 0.25) is 0 Å². The predicted molar refractivity (Wildman–Crippen MR) is 67.8 cm³/mol. The number of nitrogens with zero attached hydrogens (tertiary/aromatic N) is 2. The Bertz CT molecular complexity index is 567. The van der Waals surface area contributed by atoms with E-state index in [-0.39, 0.29) is 5.78 Å². The fourth-order valence-corrected chi connectivity index (χ4v) is 1.63. The van der Waals surface area contributed by atoms with Crippen LogP contribution in [0.25, 0.3) is 0 Å². The molecule has 0 atom stereocenters. The zero-order valence-corrected chi connectivity index (χ0v) is 10.4. The van der Waals surface area contributed by atoms with Gasteiger partial charge in [0.2, 0.25) is 0 Å². The number of carbonyl (C=O) groups excluding carboxylic acids is 1. The van der Waals surface area contributed by atoms with Gasteiger partial charge in [0.1, 0.15) is 5.75 Å². The lowest BCUT2D eigenvalue weighted by Gasteiger charge is -2.05. The van der Waals surface area contributed by atoms with Gasteiger partial charge in [-0.25, -0.2) is 0 Å². The average molecular weight is 242 g/mol. The minimum atomic E-state index is -0.0970. The van der Waals surface area contributed by atoms with Crippen LogP contribution in [-0.2, 0) is 0 Å². The van der Waals surface area contributed by atoms with Gasteiger partial charge >= 0.3 is 0 Å². The predicted octanol–water partition coefficient (Wildman–Crippen LogP) is 2.41. The van der Waals surface area contributed by atoms with Gasteiger partial charge in [-0.3, -0.25) is 14.8 Å².